The molecule has 0 bridgehead atoms. The fourth-order valence-electron chi connectivity index (χ4n) is 2.24. The van der Waals surface area contributed by atoms with Crippen LogP contribution in [0.25, 0.3) is 11.3 Å². The molecule has 26 heavy (non-hydrogen) atoms. The predicted octanol–water partition coefficient (Wildman–Crippen LogP) is 5.30. The van der Waals surface area contributed by atoms with Crippen LogP contribution >= 0.6 is 34.5 Å². The van der Waals surface area contributed by atoms with E-state index in [0.717, 1.165) is 27.8 Å². The van der Waals surface area contributed by atoms with Crippen molar-refractivity contribution in [2.24, 2.45) is 0 Å². The van der Waals surface area contributed by atoms with Crippen molar-refractivity contribution in [2.75, 3.05) is 17.7 Å². The molecule has 8 heteroatoms. The molecule has 0 unspecified atom stereocenters. The first-order valence-electron chi connectivity index (χ1n) is 7.61. The number of nitrogens with one attached hydrogen (secondary N) is 2. The van der Waals surface area contributed by atoms with Gasteiger partial charge in [-0.3, -0.25) is 4.79 Å². The average molecular weight is 408 g/mol. The molecule has 1 amide bonds. The van der Waals surface area contributed by atoms with Gasteiger partial charge in [0.1, 0.15) is 5.75 Å². The molecule has 134 valence electrons. The van der Waals surface area contributed by atoms with Gasteiger partial charge >= 0.3 is 0 Å². The summed E-state index contributed by atoms with van der Waals surface area (Å²) in [4.78, 5) is 15.1. The zero-order chi connectivity index (χ0) is 18.5. The minimum Gasteiger partial charge on any atom is -0.497 e. The van der Waals surface area contributed by atoms with E-state index in [2.05, 4.69) is 15.6 Å². The molecular weight excluding hydrogens is 393 g/mol. The van der Waals surface area contributed by atoms with E-state index >= 15 is 0 Å². The summed E-state index contributed by atoms with van der Waals surface area (Å²) < 4.78 is 5.22. The van der Waals surface area contributed by atoms with Crippen LogP contribution in [0.5, 0.6) is 5.75 Å². The molecule has 0 aliphatic heterocycles. The standard InChI is InChI=1S/C18H15Cl2N3O2S/c1-25-14-7-3-6-13(9-14)22-18-23-15(10-26-18)11-4-2-5-12(8-11)21-17(24)16(19)20/h2-10,16H,1H3,(H,21,24)(H,22,23). The summed E-state index contributed by atoms with van der Waals surface area (Å²) >= 11 is 12.6. The number of alkyl halides is 2. The van der Waals surface area contributed by atoms with Gasteiger partial charge in [-0.25, -0.2) is 4.98 Å². The molecule has 0 fully saturated rings. The van der Waals surface area contributed by atoms with Gasteiger partial charge in [0, 0.05) is 28.4 Å². The predicted molar refractivity (Wildman–Crippen MR) is 108 cm³/mol. The molecule has 3 rings (SSSR count). The number of halogens is 2. The molecule has 1 heterocycles. The van der Waals surface area contributed by atoms with E-state index in [1.165, 1.54) is 11.3 Å². The lowest BCUT2D eigenvalue weighted by atomic mass is 10.1. The van der Waals surface area contributed by atoms with Gasteiger partial charge in [0.2, 0.25) is 0 Å². The Morgan fingerprint density at radius 1 is 1.15 bits per heavy atom. The Morgan fingerprint density at radius 3 is 2.69 bits per heavy atom. The Bertz CT molecular complexity index is 915. The van der Waals surface area contributed by atoms with Gasteiger partial charge in [0.15, 0.2) is 9.97 Å². The second kappa shape index (κ2) is 8.40. The molecule has 5 nitrogen and oxygen atoms in total. The second-order valence-electron chi connectivity index (χ2n) is 5.27. The van der Waals surface area contributed by atoms with Crippen LogP contribution in [0.1, 0.15) is 0 Å². The van der Waals surface area contributed by atoms with Gasteiger partial charge < -0.3 is 15.4 Å². The van der Waals surface area contributed by atoms with E-state index in [4.69, 9.17) is 27.9 Å². The molecule has 2 aromatic carbocycles. The Labute approximate surface area is 164 Å². The van der Waals surface area contributed by atoms with Crippen LogP contribution in [0.2, 0.25) is 0 Å². The Balaban J connectivity index is 1.76. The first-order chi connectivity index (χ1) is 12.5. The number of carbonyl (C=O) groups is 1. The van der Waals surface area contributed by atoms with E-state index in [1.807, 2.05) is 47.8 Å². The number of nitrogens with zero attached hydrogens (tertiary/aromatic N) is 1. The maximum atomic E-state index is 11.6. The third-order valence-corrected chi connectivity index (χ3v) is 4.60. The highest BCUT2D eigenvalue weighted by Gasteiger charge is 2.12. The maximum absolute atomic E-state index is 11.6. The van der Waals surface area contributed by atoms with Gasteiger partial charge in [-0.05, 0) is 24.3 Å². The van der Waals surface area contributed by atoms with Crippen LogP contribution < -0.4 is 15.4 Å². The number of hydrogen-bond donors (Lipinski definition) is 2. The van der Waals surface area contributed by atoms with Crippen molar-refractivity contribution in [1.82, 2.24) is 4.98 Å². The second-order valence-corrected chi connectivity index (χ2v) is 7.22. The summed E-state index contributed by atoms with van der Waals surface area (Å²) in [6.07, 6.45) is 0. The summed E-state index contributed by atoms with van der Waals surface area (Å²) in [6.45, 7) is 0. The van der Waals surface area contributed by atoms with Crippen LogP contribution in [-0.4, -0.2) is 22.8 Å². The first-order valence-corrected chi connectivity index (χ1v) is 9.36. The number of aromatic nitrogens is 1. The summed E-state index contributed by atoms with van der Waals surface area (Å²) in [6, 6.07) is 14.9. The largest absolute Gasteiger partial charge is 0.497 e. The molecule has 3 aromatic rings. The fourth-order valence-corrected chi connectivity index (χ4v) is 3.09. The van der Waals surface area contributed by atoms with Crippen LogP contribution in [0.4, 0.5) is 16.5 Å². The number of thiazole rings is 1. The normalized spacial score (nSPS) is 10.6. The third kappa shape index (κ3) is 4.66. The summed E-state index contributed by atoms with van der Waals surface area (Å²) in [5.74, 6) is 0.302. The van der Waals surface area contributed by atoms with Crippen molar-refractivity contribution in [3.05, 3.63) is 53.9 Å². The number of hydrogen-bond acceptors (Lipinski definition) is 5. The van der Waals surface area contributed by atoms with E-state index in [1.54, 1.807) is 13.2 Å². The number of anilines is 3. The van der Waals surface area contributed by atoms with E-state index in [0.29, 0.717) is 5.69 Å². The van der Waals surface area contributed by atoms with E-state index in [9.17, 15) is 4.79 Å². The number of ether oxygens (including phenoxy) is 1. The van der Waals surface area contributed by atoms with Crippen molar-refractivity contribution in [2.45, 2.75) is 4.84 Å². The van der Waals surface area contributed by atoms with Crippen LogP contribution in [0.3, 0.4) is 0 Å². The number of carbonyl (C=O) groups excluding carboxylic acids is 1. The lowest BCUT2D eigenvalue weighted by Crippen LogP contribution is -2.18. The molecule has 0 atom stereocenters. The lowest BCUT2D eigenvalue weighted by Gasteiger charge is -2.07. The highest BCUT2D eigenvalue weighted by molar-refractivity contribution is 7.14. The molecule has 0 saturated carbocycles. The lowest BCUT2D eigenvalue weighted by molar-refractivity contribution is -0.114. The molecule has 2 N–H and O–H groups in total. The van der Waals surface area contributed by atoms with Gasteiger partial charge in [0.05, 0.1) is 12.8 Å². The zero-order valence-electron chi connectivity index (χ0n) is 13.7. The minimum absolute atomic E-state index is 0.468. The Kier molecular flexibility index (Phi) is 5.98. The van der Waals surface area contributed by atoms with Crippen molar-refractivity contribution in [3.8, 4) is 17.0 Å². The zero-order valence-corrected chi connectivity index (χ0v) is 16.0. The van der Waals surface area contributed by atoms with Gasteiger partial charge in [-0.1, -0.05) is 41.4 Å². The smallest absolute Gasteiger partial charge is 0.257 e. The van der Waals surface area contributed by atoms with Crippen molar-refractivity contribution < 1.29 is 9.53 Å². The van der Waals surface area contributed by atoms with Gasteiger partial charge in [0.25, 0.3) is 5.91 Å². The minimum atomic E-state index is -1.11. The van der Waals surface area contributed by atoms with Crippen LogP contribution in [0, 0.1) is 0 Å². The summed E-state index contributed by atoms with van der Waals surface area (Å²) in [5.41, 5.74) is 3.17. The molecular formula is C18H15Cl2N3O2S. The molecule has 0 saturated heterocycles. The number of rotatable bonds is 6. The van der Waals surface area contributed by atoms with E-state index < -0.39 is 10.7 Å². The van der Waals surface area contributed by atoms with Gasteiger partial charge in [-0.15, -0.1) is 11.3 Å². The SMILES string of the molecule is COc1cccc(Nc2nc(-c3cccc(NC(=O)C(Cl)Cl)c3)cs2)c1. The highest BCUT2D eigenvalue weighted by Crippen LogP contribution is 2.29. The van der Waals surface area contributed by atoms with Crippen molar-refractivity contribution >= 4 is 57.0 Å². The topological polar surface area (TPSA) is 63.2 Å². The molecule has 0 spiro atoms. The number of benzene rings is 2. The summed E-state index contributed by atoms with van der Waals surface area (Å²) in [5, 5.41) is 8.60. The fraction of sp³-hybridized carbons (Fsp3) is 0.111. The molecule has 0 aliphatic carbocycles. The highest BCUT2D eigenvalue weighted by atomic mass is 35.5. The summed E-state index contributed by atoms with van der Waals surface area (Å²) in [7, 11) is 1.63. The Morgan fingerprint density at radius 2 is 1.92 bits per heavy atom. The van der Waals surface area contributed by atoms with Crippen LogP contribution in [0.15, 0.2) is 53.9 Å². The monoisotopic (exact) mass is 407 g/mol. The Hall–Kier alpha value is -2.28. The van der Waals surface area contributed by atoms with Gasteiger partial charge in [-0.2, -0.15) is 0 Å². The molecule has 0 radical (unpaired) electrons. The third-order valence-electron chi connectivity index (χ3n) is 3.45. The van der Waals surface area contributed by atoms with Crippen LogP contribution in [-0.2, 0) is 4.79 Å². The van der Waals surface area contributed by atoms with E-state index in [-0.39, 0.29) is 0 Å². The molecule has 1 aromatic heterocycles. The first kappa shape index (κ1) is 18.5. The van der Waals surface area contributed by atoms with Crippen molar-refractivity contribution in [1.29, 1.82) is 0 Å². The van der Waals surface area contributed by atoms with Crippen molar-refractivity contribution in [3.63, 3.8) is 0 Å². The maximum Gasteiger partial charge on any atom is 0.257 e. The molecule has 0 aliphatic rings. The number of methoxy groups -OCH3 is 1. The average Bonchev–Trinajstić information content (AvgIpc) is 3.10. The quantitative estimate of drug-likeness (QED) is 0.543. The number of amides is 1.